The summed E-state index contributed by atoms with van der Waals surface area (Å²) in [6.45, 7) is 0. The van der Waals surface area contributed by atoms with Crippen molar-refractivity contribution in [1.82, 2.24) is 10.1 Å². The van der Waals surface area contributed by atoms with Gasteiger partial charge in [0.15, 0.2) is 5.82 Å². The molecule has 3 rings (SSSR count). The predicted octanol–water partition coefficient (Wildman–Crippen LogP) is 3.72. The molecule has 0 amide bonds. The van der Waals surface area contributed by atoms with Crippen LogP contribution >= 0.6 is 0 Å². The Bertz CT molecular complexity index is 542. The summed E-state index contributed by atoms with van der Waals surface area (Å²) in [5.74, 6) is 2.94. The zero-order valence-electron chi connectivity index (χ0n) is 11.8. The molecule has 20 heavy (non-hydrogen) atoms. The van der Waals surface area contributed by atoms with E-state index in [9.17, 15) is 0 Å². The molecule has 1 heterocycles. The van der Waals surface area contributed by atoms with Crippen molar-refractivity contribution in [2.24, 2.45) is 0 Å². The number of nitrogens with zero attached hydrogens (tertiary/aromatic N) is 2. The van der Waals surface area contributed by atoms with Crippen LogP contribution in [0.3, 0.4) is 0 Å². The highest BCUT2D eigenvalue weighted by molar-refractivity contribution is 5.28. The van der Waals surface area contributed by atoms with Crippen LogP contribution in [0.15, 0.2) is 28.8 Å². The van der Waals surface area contributed by atoms with Crippen LogP contribution in [0, 0.1) is 0 Å². The van der Waals surface area contributed by atoms with Gasteiger partial charge >= 0.3 is 0 Å². The lowest BCUT2D eigenvalue weighted by Gasteiger charge is -2.17. The summed E-state index contributed by atoms with van der Waals surface area (Å²) in [6.07, 6.45) is 6.97. The van der Waals surface area contributed by atoms with Crippen LogP contribution in [0.1, 0.15) is 55.3 Å². The van der Waals surface area contributed by atoms with Crippen molar-refractivity contribution >= 4 is 0 Å². The highest BCUT2D eigenvalue weighted by atomic mass is 16.5. The molecule has 106 valence electrons. The molecular weight excluding hydrogens is 252 g/mol. The van der Waals surface area contributed by atoms with E-state index in [2.05, 4.69) is 10.1 Å². The van der Waals surface area contributed by atoms with Crippen LogP contribution in [0.5, 0.6) is 5.75 Å². The van der Waals surface area contributed by atoms with Gasteiger partial charge in [0.2, 0.25) is 5.89 Å². The van der Waals surface area contributed by atoms with Crippen LogP contribution in [0.2, 0.25) is 0 Å². The number of hydrogen-bond donors (Lipinski definition) is 0. The maximum atomic E-state index is 5.44. The van der Waals surface area contributed by atoms with Crippen LogP contribution in [0.25, 0.3) is 0 Å². The fourth-order valence-corrected chi connectivity index (χ4v) is 2.78. The van der Waals surface area contributed by atoms with Crippen molar-refractivity contribution in [3.63, 3.8) is 0 Å². The Morgan fingerprint density at radius 1 is 1.15 bits per heavy atom. The van der Waals surface area contributed by atoms with Gasteiger partial charge in [-0.1, -0.05) is 36.6 Å². The van der Waals surface area contributed by atoms with Crippen molar-refractivity contribution in [1.29, 1.82) is 0 Å². The number of benzene rings is 1. The van der Waals surface area contributed by atoms with Crippen LogP contribution in [-0.2, 0) is 6.42 Å². The zero-order valence-corrected chi connectivity index (χ0v) is 11.8. The standard InChI is InChI=1S/C16H20N2O2/c1-19-14-9-7-12(8-10-14)11-15-17-16(20-18-15)13-5-3-2-4-6-13/h7-10,13H,2-6,11H2,1H3. The lowest BCUT2D eigenvalue weighted by Crippen LogP contribution is -2.04. The summed E-state index contributed by atoms with van der Waals surface area (Å²) in [5.41, 5.74) is 1.17. The maximum absolute atomic E-state index is 5.44. The fourth-order valence-electron chi connectivity index (χ4n) is 2.78. The molecule has 0 atom stereocenters. The Balaban J connectivity index is 1.66. The van der Waals surface area contributed by atoms with Gasteiger partial charge < -0.3 is 9.26 Å². The van der Waals surface area contributed by atoms with E-state index >= 15 is 0 Å². The van der Waals surface area contributed by atoms with Gasteiger partial charge in [-0.05, 0) is 30.5 Å². The monoisotopic (exact) mass is 272 g/mol. The molecular formula is C16H20N2O2. The molecule has 0 radical (unpaired) electrons. The highest BCUT2D eigenvalue weighted by Gasteiger charge is 2.21. The van der Waals surface area contributed by atoms with E-state index in [0.717, 1.165) is 17.5 Å². The third-order valence-electron chi connectivity index (χ3n) is 3.96. The lowest BCUT2D eigenvalue weighted by molar-refractivity contribution is 0.312. The van der Waals surface area contributed by atoms with Gasteiger partial charge in [0.25, 0.3) is 0 Å². The van der Waals surface area contributed by atoms with E-state index in [4.69, 9.17) is 9.26 Å². The quantitative estimate of drug-likeness (QED) is 0.851. The van der Waals surface area contributed by atoms with Crippen molar-refractivity contribution < 1.29 is 9.26 Å². The normalized spacial score (nSPS) is 16.2. The molecule has 1 aromatic carbocycles. The summed E-state index contributed by atoms with van der Waals surface area (Å²) in [6, 6.07) is 7.99. The molecule has 4 heteroatoms. The molecule has 0 spiro atoms. The van der Waals surface area contributed by atoms with E-state index in [1.54, 1.807) is 7.11 Å². The van der Waals surface area contributed by atoms with Crippen LogP contribution < -0.4 is 4.74 Å². The first-order valence-electron chi connectivity index (χ1n) is 7.30. The number of ether oxygens (including phenoxy) is 1. The van der Waals surface area contributed by atoms with Gasteiger partial charge in [-0.2, -0.15) is 4.98 Å². The molecule has 1 aromatic heterocycles. The largest absolute Gasteiger partial charge is 0.497 e. The topological polar surface area (TPSA) is 48.2 Å². The lowest BCUT2D eigenvalue weighted by atomic mass is 9.89. The maximum Gasteiger partial charge on any atom is 0.229 e. The van der Waals surface area contributed by atoms with E-state index in [1.165, 1.54) is 37.7 Å². The second-order valence-electron chi connectivity index (χ2n) is 5.41. The first kappa shape index (κ1) is 13.2. The number of methoxy groups -OCH3 is 1. The van der Waals surface area contributed by atoms with Gasteiger partial charge in [0, 0.05) is 12.3 Å². The molecule has 4 nitrogen and oxygen atoms in total. The average molecular weight is 272 g/mol. The molecule has 1 aliphatic carbocycles. The summed E-state index contributed by atoms with van der Waals surface area (Å²) < 4.78 is 10.6. The Morgan fingerprint density at radius 3 is 2.60 bits per heavy atom. The molecule has 1 fully saturated rings. The van der Waals surface area contributed by atoms with Gasteiger partial charge in [-0.15, -0.1) is 0 Å². The summed E-state index contributed by atoms with van der Waals surface area (Å²) in [4.78, 5) is 4.56. The van der Waals surface area contributed by atoms with Gasteiger partial charge in [0.05, 0.1) is 7.11 Å². The van der Waals surface area contributed by atoms with E-state index in [1.807, 2.05) is 24.3 Å². The Kier molecular flexibility index (Phi) is 4.00. The average Bonchev–Trinajstić information content (AvgIpc) is 2.97. The van der Waals surface area contributed by atoms with E-state index < -0.39 is 0 Å². The SMILES string of the molecule is COc1ccc(Cc2noc(C3CCCCC3)n2)cc1. The number of rotatable bonds is 4. The number of aromatic nitrogens is 2. The first-order valence-corrected chi connectivity index (χ1v) is 7.30. The minimum atomic E-state index is 0.473. The molecule has 1 aliphatic rings. The summed E-state index contributed by atoms with van der Waals surface area (Å²) in [7, 11) is 1.67. The van der Waals surface area contributed by atoms with E-state index in [0.29, 0.717) is 12.3 Å². The van der Waals surface area contributed by atoms with E-state index in [-0.39, 0.29) is 0 Å². The third kappa shape index (κ3) is 3.00. The minimum Gasteiger partial charge on any atom is -0.497 e. The molecule has 0 N–H and O–H groups in total. The Hall–Kier alpha value is -1.84. The third-order valence-corrected chi connectivity index (χ3v) is 3.96. The van der Waals surface area contributed by atoms with Gasteiger partial charge in [-0.3, -0.25) is 0 Å². The van der Waals surface area contributed by atoms with Crippen molar-refractivity contribution in [2.75, 3.05) is 7.11 Å². The molecule has 0 bridgehead atoms. The van der Waals surface area contributed by atoms with Crippen molar-refractivity contribution in [3.05, 3.63) is 41.5 Å². The second-order valence-corrected chi connectivity index (χ2v) is 5.41. The molecule has 2 aromatic rings. The smallest absolute Gasteiger partial charge is 0.229 e. The van der Waals surface area contributed by atoms with Crippen LogP contribution in [-0.4, -0.2) is 17.3 Å². The number of hydrogen-bond acceptors (Lipinski definition) is 4. The minimum absolute atomic E-state index is 0.473. The van der Waals surface area contributed by atoms with Crippen LogP contribution in [0.4, 0.5) is 0 Å². The van der Waals surface area contributed by atoms with Crippen molar-refractivity contribution in [3.8, 4) is 5.75 Å². The molecule has 0 unspecified atom stereocenters. The predicted molar refractivity (Wildman–Crippen MR) is 75.9 cm³/mol. The molecule has 0 aliphatic heterocycles. The first-order chi connectivity index (χ1) is 9.85. The fraction of sp³-hybridized carbons (Fsp3) is 0.500. The summed E-state index contributed by atoms with van der Waals surface area (Å²) >= 11 is 0. The highest BCUT2D eigenvalue weighted by Crippen LogP contribution is 2.31. The Morgan fingerprint density at radius 2 is 1.90 bits per heavy atom. The molecule has 0 saturated heterocycles. The summed E-state index contributed by atoms with van der Waals surface area (Å²) in [5, 5.41) is 4.11. The van der Waals surface area contributed by atoms with Crippen molar-refractivity contribution in [2.45, 2.75) is 44.4 Å². The van der Waals surface area contributed by atoms with Gasteiger partial charge in [-0.25, -0.2) is 0 Å². The van der Waals surface area contributed by atoms with Gasteiger partial charge in [0.1, 0.15) is 5.75 Å². The molecule has 1 saturated carbocycles. The Labute approximate surface area is 119 Å². The second kappa shape index (κ2) is 6.07. The zero-order chi connectivity index (χ0) is 13.8.